The van der Waals surface area contributed by atoms with Crippen LogP contribution in [0.2, 0.25) is 0 Å². The number of nitriles is 1. The summed E-state index contributed by atoms with van der Waals surface area (Å²) in [5.74, 6) is -0.925. The minimum absolute atomic E-state index is 0.167. The molecule has 126 valence electrons. The van der Waals surface area contributed by atoms with Crippen LogP contribution in [0.5, 0.6) is 0 Å². The van der Waals surface area contributed by atoms with Crippen molar-refractivity contribution in [3.05, 3.63) is 72.3 Å². The first-order chi connectivity index (χ1) is 12.1. The number of hydrogen-bond acceptors (Lipinski definition) is 5. The predicted molar refractivity (Wildman–Crippen MR) is 92.6 cm³/mol. The van der Waals surface area contributed by atoms with Crippen molar-refractivity contribution in [3.8, 4) is 17.2 Å². The molecule has 0 saturated carbocycles. The molecule has 0 aromatic heterocycles. The summed E-state index contributed by atoms with van der Waals surface area (Å²) in [4.78, 5) is 22.8. The van der Waals surface area contributed by atoms with Gasteiger partial charge in [-0.2, -0.15) is 5.26 Å². The molecule has 0 fully saturated rings. The maximum Gasteiger partial charge on any atom is 0.338 e. The molecule has 0 atom stereocenters. The predicted octanol–water partition coefficient (Wildman–Crippen LogP) is 3.50. The maximum absolute atomic E-state index is 11.9. The smallest absolute Gasteiger partial charge is 0.338 e. The van der Waals surface area contributed by atoms with Gasteiger partial charge < -0.3 is 9.47 Å². The number of hydrogen-bond donors (Lipinski definition) is 0. The standard InChI is InChI=1S/C20H17NO4/c1-2-19(22)24-12-3-13-25-20(23)18-10-8-17(9-11-18)16-6-4-15(14-21)5-7-16/h2,4-11H,1,3,12-13H2. The van der Waals surface area contributed by atoms with Crippen LogP contribution in [-0.4, -0.2) is 25.2 Å². The first kappa shape index (κ1) is 18.0. The summed E-state index contributed by atoms with van der Waals surface area (Å²) in [5, 5.41) is 8.81. The van der Waals surface area contributed by atoms with Crippen molar-refractivity contribution in [3.63, 3.8) is 0 Å². The molecular weight excluding hydrogens is 318 g/mol. The number of esters is 2. The lowest BCUT2D eigenvalue weighted by molar-refractivity contribution is -0.137. The topological polar surface area (TPSA) is 76.4 Å². The van der Waals surface area contributed by atoms with Gasteiger partial charge >= 0.3 is 11.9 Å². The highest BCUT2D eigenvalue weighted by molar-refractivity contribution is 5.90. The Morgan fingerprint density at radius 2 is 1.52 bits per heavy atom. The van der Waals surface area contributed by atoms with E-state index in [0.29, 0.717) is 17.5 Å². The van der Waals surface area contributed by atoms with Gasteiger partial charge in [-0.3, -0.25) is 0 Å². The molecular formula is C20H17NO4. The van der Waals surface area contributed by atoms with Crippen molar-refractivity contribution in [2.75, 3.05) is 13.2 Å². The van der Waals surface area contributed by atoms with Crippen LogP contribution >= 0.6 is 0 Å². The zero-order chi connectivity index (χ0) is 18.1. The molecule has 0 aliphatic carbocycles. The highest BCUT2D eigenvalue weighted by atomic mass is 16.5. The van der Waals surface area contributed by atoms with E-state index in [1.807, 2.05) is 24.3 Å². The van der Waals surface area contributed by atoms with E-state index in [9.17, 15) is 9.59 Å². The SMILES string of the molecule is C=CC(=O)OCCCOC(=O)c1ccc(-c2ccc(C#N)cc2)cc1. The summed E-state index contributed by atoms with van der Waals surface area (Å²) in [6.45, 7) is 3.63. The second-order valence-corrected chi connectivity index (χ2v) is 5.13. The third kappa shape index (κ3) is 5.33. The minimum atomic E-state index is -0.496. The highest BCUT2D eigenvalue weighted by Crippen LogP contribution is 2.20. The molecule has 0 radical (unpaired) electrons. The average Bonchev–Trinajstić information content (AvgIpc) is 2.67. The molecule has 0 N–H and O–H groups in total. The van der Waals surface area contributed by atoms with E-state index in [-0.39, 0.29) is 13.2 Å². The van der Waals surface area contributed by atoms with Gasteiger partial charge in [0.25, 0.3) is 0 Å². The van der Waals surface area contributed by atoms with Crippen molar-refractivity contribution in [1.82, 2.24) is 0 Å². The first-order valence-electron chi connectivity index (χ1n) is 7.71. The van der Waals surface area contributed by atoms with Gasteiger partial charge in [0.2, 0.25) is 0 Å². The lowest BCUT2D eigenvalue weighted by Crippen LogP contribution is -2.09. The van der Waals surface area contributed by atoms with Crippen LogP contribution in [-0.2, 0) is 14.3 Å². The van der Waals surface area contributed by atoms with Gasteiger partial charge in [-0.1, -0.05) is 30.8 Å². The first-order valence-corrected chi connectivity index (χ1v) is 7.71. The lowest BCUT2D eigenvalue weighted by Gasteiger charge is -2.06. The summed E-state index contributed by atoms with van der Waals surface area (Å²) in [6, 6.07) is 16.3. The maximum atomic E-state index is 11.9. The molecule has 2 aromatic carbocycles. The Morgan fingerprint density at radius 1 is 0.960 bits per heavy atom. The Kier molecular flexibility index (Phi) is 6.49. The van der Waals surface area contributed by atoms with Crippen LogP contribution in [0.4, 0.5) is 0 Å². The number of nitrogens with zero attached hydrogens (tertiary/aromatic N) is 1. The highest BCUT2D eigenvalue weighted by Gasteiger charge is 2.07. The lowest BCUT2D eigenvalue weighted by atomic mass is 10.0. The van der Waals surface area contributed by atoms with Crippen molar-refractivity contribution in [1.29, 1.82) is 5.26 Å². The van der Waals surface area contributed by atoms with Gasteiger partial charge in [-0.15, -0.1) is 0 Å². The van der Waals surface area contributed by atoms with Gasteiger partial charge in [0.1, 0.15) is 0 Å². The van der Waals surface area contributed by atoms with E-state index in [1.165, 1.54) is 0 Å². The van der Waals surface area contributed by atoms with Crippen LogP contribution in [0.15, 0.2) is 61.2 Å². The number of ether oxygens (including phenoxy) is 2. The summed E-state index contributed by atoms with van der Waals surface area (Å²) in [5.41, 5.74) is 2.95. The Bertz CT molecular complexity index is 786. The summed E-state index contributed by atoms with van der Waals surface area (Å²) < 4.78 is 9.92. The summed E-state index contributed by atoms with van der Waals surface area (Å²) in [7, 11) is 0. The molecule has 0 saturated heterocycles. The quantitative estimate of drug-likeness (QED) is 0.440. The van der Waals surface area contributed by atoms with E-state index in [2.05, 4.69) is 12.6 Å². The molecule has 2 aromatic rings. The molecule has 0 aliphatic heterocycles. The fourth-order valence-electron chi connectivity index (χ4n) is 2.07. The van der Waals surface area contributed by atoms with E-state index in [1.54, 1.807) is 24.3 Å². The van der Waals surface area contributed by atoms with Crippen molar-refractivity contribution in [2.24, 2.45) is 0 Å². The van der Waals surface area contributed by atoms with Gasteiger partial charge in [0.15, 0.2) is 0 Å². The molecule has 0 amide bonds. The second-order valence-electron chi connectivity index (χ2n) is 5.13. The van der Waals surface area contributed by atoms with E-state index < -0.39 is 11.9 Å². The average molecular weight is 335 g/mol. The summed E-state index contributed by atoms with van der Waals surface area (Å²) in [6.07, 6.45) is 1.51. The van der Waals surface area contributed by atoms with Gasteiger partial charge in [-0.05, 0) is 35.4 Å². The van der Waals surface area contributed by atoms with Gasteiger partial charge in [0, 0.05) is 12.5 Å². The summed E-state index contributed by atoms with van der Waals surface area (Å²) >= 11 is 0. The van der Waals surface area contributed by atoms with Gasteiger partial charge in [0.05, 0.1) is 30.4 Å². The largest absolute Gasteiger partial charge is 0.462 e. The van der Waals surface area contributed by atoms with Crippen LogP contribution in [0, 0.1) is 11.3 Å². The fourth-order valence-corrected chi connectivity index (χ4v) is 2.07. The Morgan fingerprint density at radius 3 is 2.08 bits per heavy atom. The molecule has 0 heterocycles. The fraction of sp³-hybridized carbons (Fsp3) is 0.150. The molecule has 0 bridgehead atoms. The van der Waals surface area contributed by atoms with E-state index in [0.717, 1.165) is 17.2 Å². The van der Waals surface area contributed by atoms with Crippen molar-refractivity contribution in [2.45, 2.75) is 6.42 Å². The van der Waals surface area contributed by atoms with Crippen molar-refractivity contribution >= 4 is 11.9 Å². The molecule has 5 nitrogen and oxygen atoms in total. The molecule has 5 heteroatoms. The minimum Gasteiger partial charge on any atom is -0.462 e. The van der Waals surface area contributed by atoms with E-state index >= 15 is 0 Å². The Balaban J connectivity index is 1.86. The third-order valence-electron chi connectivity index (χ3n) is 3.40. The number of benzene rings is 2. The zero-order valence-corrected chi connectivity index (χ0v) is 13.6. The Hall–Kier alpha value is -3.39. The monoisotopic (exact) mass is 335 g/mol. The van der Waals surface area contributed by atoms with Gasteiger partial charge in [-0.25, -0.2) is 9.59 Å². The van der Waals surface area contributed by atoms with Crippen LogP contribution in [0.25, 0.3) is 11.1 Å². The third-order valence-corrected chi connectivity index (χ3v) is 3.40. The van der Waals surface area contributed by atoms with Crippen LogP contribution < -0.4 is 0 Å². The normalized spacial score (nSPS) is 9.72. The van der Waals surface area contributed by atoms with Crippen LogP contribution in [0.1, 0.15) is 22.3 Å². The zero-order valence-electron chi connectivity index (χ0n) is 13.6. The second kappa shape index (κ2) is 9.04. The molecule has 25 heavy (non-hydrogen) atoms. The molecule has 2 rings (SSSR count). The number of carbonyl (C=O) groups excluding carboxylic acids is 2. The van der Waals surface area contributed by atoms with Crippen molar-refractivity contribution < 1.29 is 19.1 Å². The van der Waals surface area contributed by atoms with Crippen LogP contribution in [0.3, 0.4) is 0 Å². The van der Waals surface area contributed by atoms with E-state index in [4.69, 9.17) is 14.7 Å². The molecule has 0 unspecified atom stereocenters. The number of rotatable bonds is 7. The molecule has 0 aliphatic rings. The Labute approximate surface area is 146 Å². The number of carbonyl (C=O) groups is 2. The molecule has 0 spiro atoms.